The number of nitrogens with one attached hydrogen (secondary N) is 4. The van der Waals surface area contributed by atoms with Crippen molar-refractivity contribution in [1.82, 2.24) is 56.1 Å². The lowest BCUT2D eigenvalue weighted by Crippen LogP contribution is -2.64. The fraction of sp³-hybridized carbons (Fsp3) is 0.609. The van der Waals surface area contributed by atoms with E-state index in [1.165, 1.54) is 56.3 Å². The van der Waals surface area contributed by atoms with Crippen molar-refractivity contribution in [2.45, 2.75) is 183 Å². The normalized spacial score (nSPS) is 27.7. The molecule has 1 saturated carbocycles. The molecule has 6 fully saturated rings. The quantitative estimate of drug-likeness (QED) is 0.0512. The molecule has 0 unspecified atom stereocenters. The van der Waals surface area contributed by atoms with Crippen molar-refractivity contribution < 1.29 is 91.2 Å². The number of rotatable bonds is 17. The van der Waals surface area contributed by atoms with E-state index in [0.29, 0.717) is 48.1 Å². The maximum absolute atomic E-state index is 14.8. The Kier molecular flexibility index (Phi) is 24.0. The SMILES string of the molecule is C[C@@H](O)[C@@H]1NC(=O)[C@H](C)N(CC2CCN(c3nnc(-c4ccc(-c5cnc(N6CCC(OC7CCCCC7)CC6)nc5)cc4)s3)CC2)[C@@H](O)CNC(=O)[C@@H]2[C@@H](O)[C@@H](C)CN2C(=O)[C@H]([C@H](O)CC(N)=O)NC(=O)[C@H]([C@H](O)Cc2ccc(O)c(OS(=O)(=O)O)c2)NC(=O)[C@@H]2C[C@@H](O)CN2C1=O. The van der Waals surface area contributed by atoms with E-state index in [9.17, 15) is 82.3 Å². The standard InChI is InChI=1S/C64H88N14O19S2/c1-33-30-78-54(55(33)86)59(90)66-29-50(85)76(31-36-15-19-75(20-16-36)64-73-72-60(98-64)39-12-10-38(11-13-39)40-27-67-63(68-28-40)74-21-17-43(18-22-74)96-42-7-5-4-6-8-42)34(2)56(87)69-51(35(3)79)61(91)77-32-41(80)25-44(77)57(88)70-52(58(89)71-53(62(78)92)47(83)26-49(65)84)46(82)23-37-9-14-45(81)48(24-37)97-99(93,94)95/h9-14,24,27-28,33-36,41-44,46-47,50-55,79-83,85-86H,4-8,15-23,25-26,29-32H2,1-3H3,(H2,65,84)(H,66,90)(H,69,87)(H,70,88)(H,71,89)(H,93,94,95)/t33-,34-,35+,41+,44-,46+,47+,50-,51-,52-,53-,54-,55-/m0/s1. The molecular formula is C64H88N14O19S2. The summed E-state index contributed by atoms with van der Waals surface area (Å²) in [4.78, 5) is 117. The molecule has 7 heterocycles. The highest BCUT2D eigenvalue weighted by Gasteiger charge is 2.50. The van der Waals surface area contributed by atoms with Gasteiger partial charge in [-0.3, -0.25) is 43.0 Å². The molecule has 5 saturated heterocycles. The third-order valence-corrected chi connectivity index (χ3v) is 20.9. The first-order valence-electron chi connectivity index (χ1n) is 33.4. The van der Waals surface area contributed by atoms with E-state index in [-0.39, 0.29) is 24.1 Å². The van der Waals surface area contributed by atoms with Crippen molar-refractivity contribution in [3.05, 3.63) is 60.4 Å². The predicted molar refractivity (Wildman–Crippen MR) is 354 cm³/mol. The molecule has 35 heteroatoms. The molecule has 13 atom stereocenters. The number of aliphatic hydroxyl groups is 6. The molecule has 10 rings (SSSR count). The van der Waals surface area contributed by atoms with Gasteiger partial charge in [0.1, 0.15) is 41.4 Å². The average molecular weight is 1420 g/mol. The third kappa shape index (κ3) is 18.2. The van der Waals surface area contributed by atoms with Crippen LogP contribution < -0.4 is 41.0 Å². The third-order valence-electron chi connectivity index (χ3n) is 19.4. The zero-order chi connectivity index (χ0) is 71.1. The van der Waals surface area contributed by atoms with Gasteiger partial charge >= 0.3 is 10.4 Å². The van der Waals surface area contributed by atoms with Crippen LogP contribution in [0.25, 0.3) is 21.7 Å². The fourth-order valence-corrected chi connectivity index (χ4v) is 15.1. The van der Waals surface area contributed by atoms with Crippen LogP contribution in [0.3, 0.4) is 0 Å². The number of phenols is 1. The molecule has 0 radical (unpaired) electrons. The van der Waals surface area contributed by atoms with Gasteiger partial charge in [0.25, 0.3) is 0 Å². The number of amides is 7. The Morgan fingerprint density at radius 2 is 1.35 bits per heavy atom. The number of β-amino-alcohol motifs (C(OH)–C–C–N with tert-alkyl or cyclic N) is 1. The van der Waals surface area contributed by atoms with Gasteiger partial charge in [-0.15, -0.1) is 10.2 Å². The number of phenolic OH excluding ortho intramolecular Hbond substituents is 1. The number of aromatic nitrogens is 4. The van der Waals surface area contributed by atoms with Crippen molar-refractivity contribution >= 4 is 74.2 Å². The zero-order valence-corrected chi connectivity index (χ0v) is 56.7. The largest absolute Gasteiger partial charge is 0.504 e. The van der Waals surface area contributed by atoms with Crippen molar-refractivity contribution in [2.24, 2.45) is 17.6 Å². The van der Waals surface area contributed by atoms with Crippen LogP contribution in [0.1, 0.15) is 97.0 Å². The van der Waals surface area contributed by atoms with E-state index < -0.39 is 181 Å². The number of benzene rings is 2. The minimum Gasteiger partial charge on any atom is -0.504 e. The molecule has 7 amide bonds. The molecule has 5 aliphatic heterocycles. The molecule has 1 aliphatic carbocycles. The van der Waals surface area contributed by atoms with E-state index in [1.54, 1.807) is 0 Å². The van der Waals surface area contributed by atoms with Gasteiger partial charge in [-0.1, -0.05) is 67.9 Å². The van der Waals surface area contributed by atoms with Crippen LogP contribution in [0.5, 0.6) is 11.5 Å². The number of nitrogens with zero attached hydrogens (tertiary/aromatic N) is 9. The number of piperidine rings is 2. The van der Waals surface area contributed by atoms with Crippen molar-refractivity contribution in [1.29, 1.82) is 0 Å². The van der Waals surface area contributed by atoms with Crippen LogP contribution in [0.15, 0.2) is 54.9 Å². The van der Waals surface area contributed by atoms with E-state index >= 15 is 0 Å². The lowest BCUT2D eigenvalue weighted by atomic mass is 9.95. The second kappa shape index (κ2) is 32.2. The number of anilines is 2. The predicted octanol–water partition coefficient (Wildman–Crippen LogP) is -1.93. The van der Waals surface area contributed by atoms with Gasteiger partial charge < -0.3 is 91.3 Å². The lowest BCUT2D eigenvalue weighted by Gasteiger charge is -2.39. The molecule has 6 aliphatic rings. The zero-order valence-electron chi connectivity index (χ0n) is 55.1. The van der Waals surface area contributed by atoms with E-state index in [4.69, 9.17) is 20.4 Å². The average Bonchev–Trinajstić information content (AvgIpc) is 1.70. The maximum atomic E-state index is 14.8. The summed E-state index contributed by atoms with van der Waals surface area (Å²) >= 11 is 1.41. The first-order chi connectivity index (χ1) is 47.1. The molecule has 540 valence electrons. The first kappa shape index (κ1) is 73.9. The Bertz CT molecular complexity index is 3630. The fourth-order valence-electron chi connectivity index (χ4n) is 13.8. The number of ether oxygens (including phenoxy) is 1. The Hall–Kier alpha value is -7.84. The number of aliphatic hydroxyl groups excluding tert-OH is 6. The second-order valence-corrected chi connectivity index (χ2v) is 28.6. The molecule has 0 bridgehead atoms. The Labute approximate surface area is 575 Å². The van der Waals surface area contributed by atoms with Crippen LogP contribution >= 0.6 is 11.3 Å². The van der Waals surface area contributed by atoms with Gasteiger partial charge in [-0.2, -0.15) is 8.42 Å². The molecule has 99 heavy (non-hydrogen) atoms. The second-order valence-electron chi connectivity index (χ2n) is 26.7. The summed E-state index contributed by atoms with van der Waals surface area (Å²) in [6, 6.07) is -0.425. The van der Waals surface area contributed by atoms with Gasteiger partial charge in [-0.25, -0.2) is 9.97 Å². The molecule has 33 nitrogen and oxygen atoms in total. The molecule has 4 aromatic rings. The monoisotopic (exact) mass is 1420 g/mol. The number of carbonyl (C=O) groups is 7. The summed E-state index contributed by atoms with van der Waals surface area (Å²) in [7, 11) is -5.23. The van der Waals surface area contributed by atoms with E-state index in [1.807, 2.05) is 36.7 Å². The number of aromatic hydroxyl groups is 1. The summed E-state index contributed by atoms with van der Waals surface area (Å²) in [5.74, 6) is -10.2. The summed E-state index contributed by atoms with van der Waals surface area (Å²) in [6.07, 6.45) is 0.270. The number of fused-ring (bicyclic) bond motifs is 2. The summed E-state index contributed by atoms with van der Waals surface area (Å²) in [5.41, 5.74) is 7.98. The molecular weight excluding hydrogens is 1330 g/mol. The minimum absolute atomic E-state index is 0.00928. The van der Waals surface area contributed by atoms with E-state index in [2.05, 4.69) is 45.4 Å². The summed E-state index contributed by atoms with van der Waals surface area (Å²) in [6.45, 7) is 5.10. The van der Waals surface area contributed by atoms with Gasteiger partial charge in [0.2, 0.25) is 52.4 Å². The van der Waals surface area contributed by atoms with Crippen LogP contribution in [0, 0.1) is 11.8 Å². The Morgan fingerprint density at radius 1 is 0.727 bits per heavy atom. The summed E-state index contributed by atoms with van der Waals surface area (Å²) < 4.78 is 43.4. The van der Waals surface area contributed by atoms with Gasteiger partial charge in [0.05, 0.1) is 61.7 Å². The van der Waals surface area contributed by atoms with E-state index in [0.717, 1.165) is 83.5 Å². The van der Waals surface area contributed by atoms with Crippen LogP contribution in [-0.2, 0) is 55.1 Å². The Balaban J connectivity index is 0.850. The van der Waals surface area contributed by atoms with Crippen molar-refractivity contribution in [3.63, 3.8) is 0 Å². The van der Waals surface area contributed by atoms with Gasteiger partial charge in [0.15, 0.2) is 11.5 Å². The van der Waals surface area contributed by atoms with Gasteiger partial charge in [-0.05, 0) is 81.5 Å². The molecule has 2 aromatic heterocycles. The first-order valence-corrected chi connectivity index (χ1v) is 35.6. The number of hydrogen-bond acceptors (Lipinski definition) is 26. The minimum atomic E-state index is -5.23. The van der Waals surface area contributed by atoms with Crippen molar-refractivity contribution in [3.8, 4) is 33.2 Å². The number of nitrogens with two attached hydrogens (primary N) is 1. The topological polar surface area (TPSA) is 476 Å². The van der Waals surface area contributed by atoms with Gasteiger partial charge in [0, 0.05) is 88.1 Å². The number of primary amides is 1. The Morgan fingerprint density at radius 3 is 2.01 bits per heavy atom. The van der Waals surface area contributed by atoms with Crippen LogP contribution in [0.2, 0.25) is 0 Å². The highest BCUT2D eigenvalue weighted by Crippen LogP contribution is 2.35. The highest BCUT2D eigenvalue weighted by molar-refractivity contribution is 7.81. The maximum Gasteiger partial charge on any atom is 0.446 e. The number of carbonyl (C=O) groups excluding carboxylic acids is 7. The molecule has 2 aromatic carbocycles. The molecule has 0 spiro atoms. The highest BCUT2D eigenvalue weighted by atomic mass is 32.3. The number of hydrogen-bond donors (Lipinski definition) is 13. The smallest absolute Gasteiger partial charge is 0.446 e. The van der Waals surface area contributed by atoms with Crippen LogP contribution in [-0.4, -0.2) is 262 Å². The lowest BCUT2D eigenvalue weighted by molar-refractivity contribution is -0.147. The summed E-state index contributed by atoms with van der Waals surface area (Å²) in [5, 5.41) is 99.6. The molecule has 14 N–H and O–H groups in total. The van der Waals surface area contributed by atoms with Crippen LogP contribution in [0.4, 0.5) is 11.1 Å². The van der Waals surface area contributed by atoms with Crippen molar-refractivity contribution in [2.75, 3.05) is 62.2 Å².